The second kappa shape index (κ2) is 23.5. The Morgan fingerprint density at radius 1 is 0.265 bits per heavy atom. The molecular weight excluding hydrogens is 1250 g/mol. The van der Waals surface area contributed by atoms with E-state index in [1.54, 1.807) is 0 Å². The van der Waals surface area contributed by atoms with Crippen molar-refractivity contribution in [3.63, 3.8) is 0 Å². The highest BCUT2D eigenvalue weighted by Gasteiger charge is 2.28. The molecule has 0 atom stereocenters. The van der Waals surface area contributed by atoms with Crippen LogP contribution in [0.15, 0.2) is 291 Å². The zero-order chi connectivity index (χ0) is 67.7. The Kier molecular flexibility index (Phi) is 13.6. The first-order valence-electron chi connectivity index (χ1n) is 35.1. The number of aromatic nitrogens is 7. The number of ether oxygens (including phenoxy) is 3. The lowest BCUT2D eigenvalue weighted by Gasteiger charge is -2.22. The third kappa shape index (κ3) is 9.33. The molecule has 7 heterocycles. The number of nitrogens with zero attached hydrogens (tertiary/aromatic N) is 7. The van der Waals surface area contributed by atoms with Crippen molar-refractivity contribution in [3.8, 4) is 96.1 Å². The average Bonchev–Trinajstić information content (AvgIpc) is 1.46. The van der Waals surface area contributed by atoms with E-state index in [-0.39, 0.29) is 0 Å². The summed E-state index contributed by atoms with van der Waals surface area (Å²) in [5.74, 6) is 8.31. The maximum atomic E-state index is 6.30. The summed E-state index contributed by atoms with van der Waals surface area (Å²) in [4.78, 5) is 19.3. The van der Waals surface area contributed by atoms with Gasteiger partial charge in [0.1, 0.15) is 34.0 Å². The van der Waals surface area contributed by atoms with Crippen LogP contribution in [0.2, 0.25) is 0 Å². The molecule has 22 rings (SSSR count). The van der Waals surface area contributed by atoms with Gasteiger partial charge in [-0.15, -0.1) is 0 Å². The molecule has 0 saturated carbocycles. The third-order valence-electron chi connectivity index (χ3n) is 20.6. The van der Waals surface area contributed by atoms with Gasteiger partial charge in [-0.2, -0.15) is 0 Å². The lowest BCUT2D eigenvalue weighted by atomic mass is 9.92. The van der Waals surface area contributed by atoms with Crippen molar-refractivity contribution in [1.82, 2.24) is 33.6 Å². The van der Waals surface area contributed by atoms with Gasteiger partial charge in [-0.3, -0.25) is 18.7 Å². The van der Waals surface area contributed by atoms with Crippen LogP contribution in [0.4, 0.5) is 0 Å². The first kappa shape index (κ1) is 58.9. The molecule has 10 nitrogen and oxygen atoms in total. The van der Waals surface area contributed by atoms with E-state index < -0.39 is 0 Å². The monoisotopic (exact) mass is 1310 g/mol. The Morgan fingerprint density at radius 3 is 1.06 bits per heavy atom. The number of hydrogen-bond acceptors (Lipinski definition) is 7. The molecule has 10 heteroatoms. The summed E-state index contributed by atoms with van der Waals surface area (Å²) in [6.07, 6.45) is 4.43. The van der Waals surface area contributed by atoms with Gasteiger partial charge < -0.3 is 14.2 Å². The van der Waals surface area contributed by atoms with Crippen LogP contribution < -0.4 is 14.2 Å². The Balaban J connectivity index is 0.000000103. The van der Waals surface area contributed by atoms with Crippen molar-refractivity contribution in [1.29, 1.82) is 0 Å². The molecule has 0 aliphatic carbocycles. The van der Waals surface area contributed by atoms with E-state index in [2.05, 4.69) is 277 Å². The molecular formula is C92H63N7O3. The van der Waals surface area contributed by atoms with Crippen molar-refractivity contribution >= 4 is 97.9 Å². The van der Waals surface area contributed by atoms with Gasteiger partial charge in [0.15, 0.2) is 34.5 Å². The SMILES string of the molecule is CCc1nc2cccc3c2n1-c1cc(-c2cc4ccccc4c4ccccc24)ccc1O3.CCc1nc2cccc3c2n1-c1cc(-c2cc4ccccc4c4ncccc24)ccc1O3.CCc1nc2cccc3c2n1-c1cc(-c2ccc(-c4cc5ccccc5c5ccccc45)cc2)ccc1O3. The minimum Gasteiger partial charge on any atom is -0.453 e. The lowest BCUT2D eigenvalue weighted by molar-refractivity contribution is 0.474. The van der Waals surface area contributed by atoms with Gasteiger partial charge >= 0.3 is 0 Å². The van der Waals surface area contributed by atoms with Crippen molar-refractivity contribution < 1.29 is 14.2 Å². The Bertz CT molecular complexity index is 6440. The fraction of sp³-hybridized carbons (Fsp3) is 0.0652. The van der Waals surface area contributed by atoms with Gasteiger partial charge in [-0.1, -0.05) is 209 Å². The predicted molar refractivity (Wildman–Crippen MR) is 416 cm³/mol. The number of para-hydroxylation sites is 3. The number of rotatable bonds is 7. The largest absolute Gasteiger partial charge is 0.453 e. The standard InChI is InChI=1S/C35H24N2O.C29H20N2O.C28H19N3O/c1-2-34-36-30-12-7-13-33-35(30)37(34)31-21-24(18-19-32(31)38-33)22-14-16-23(17-15-22)29-20-25-8-3-4-9-26(25)27-10-5-6-11-28(27)29;1-2-28-30-24-12-7-13-27-29(24)31(28)25-17-19(14-15-26(25)32-27)23-16-18-8-3-4-9-20(18)21-10-5-6-11-22(21)23;1-2-26-30-22-10-5-11-25-28(22)31(26)23-16-18(12-13-24(23)32-25)21-15-17-7-3-4-8-19(17)27-20(21)9-6-14-29-27/h3-21H,2H2,1H3;3-17H,2H2,1H3;3-16H,2H2,1H3. The highest BCUT2D eigenvalue weighted by atomic mass is 16.5. The quantitative estimate of drug-likeness (QED) is 0.147. The maximum absolute atomic E-state index is 6.30. The summed E-state index contributed by atoms with van der Waals surface area (Å²) >= 11 is 0. The van der Waals surface area contributed by atoms with Gasteiger partial charge in [0.25, 0.3) is 0 Å². The van der Waals surface area contributed by atoms with Crippen LogP contribution in [0, 0.1) is 0 Å². The van der Waals surface area contributed by atoms with Gasteiger partial charge in [0.05, 0.1) is 39.1 Å². The van der Waals surface area contributed by atoms with Crippen LogP contribution in [0.5, 0.6) is 34.5 Å². The van der Waals surface area contributed by atoms with Crippen molar-refractivity contribution in [2.75, 3.05) is 0 Å². The third-order valence-corrected chi connectivity index (χ3v) is 20.6. The fourth-order valence-corrected chi connectivity index (χ4v) is 16.0. The highest BCUT2D eigenvalue weighted by Crippen LogP contribution is 2.48. The Morgan fingerprint density at radius 2 is 0.608 bits per heavy atom. The number of aryl methyl sites for hydroxylation is 3. The number of hydrogen-bond donors (Lipinski definition) is 0. The topological polar surface area (TPSA) is 94.0 Å². The predicted octanol–water partition coefficient (Wildman–Crippen LogP) is 24.1. The first-order valence-corrected chi connectivity index (χ1v) is 35.1. The zero-order valence-corrected chi connectivity index (χ0v) is 56.2. The molecule has 0 fully saturated rings. The van der Waals surface area contributed by atoms with Crippen molar-refractivity contribution in [2.24, 2.45) is 0 Å². The highest BCUT2D eigenvalue weighted by molar-refractivity contribution is 6.16. The van der Waals surface area contributed by atoms with Crippen LogP contribution >= 0.6 is 0 Å². The van der Waals surface area contributed by atoms with E-state index in [0.29, 0.717) is 0 Å². The number of fused-ring (bicyclic) bond motifs is 15. The summed E-state index contributed by atoms with van der Waals surface area (Å²) in [5.41, 5.74) is 19.8. The summed E-state index contributed by atoms with van der Waals surface area (Å²) in [5, 5.41) is 13.7. The number of pyridine rings is 1. The van der Waals surface area contributed by atoms with E-state index in [1.165, 1.54) is 87.2 Å². The van der Waals surface area contributed by atoms with Crippen molar-refractivity contribution in [2.45, 2.75) is 40.0 Å². The normalized spacial score (nSPS) is 12.2. The smallest absolute Gasteiger partial charge is 0.153 e. The summed E-state index contributed by atoms with van der Waals surface area (Å²) in [6, 6.07) is 101. The van der Waals surface area contributed by atoms with Crippen LogP contribution in [0.25, 0.3) is 159 Å². The molecule has 3 aliphatic heterocycles. The second-order valence-electron chi connectivity index (χ2n) is 26.4. The first-order chi connectivity index (χ1) is 50.4. The van der Waals surface area contributed by atoms with E-state index in [0.717, 1.165) is 143 Å². The molecule has 102 heavy (non-hydrogen) atoms. The Labute approximate surface area is 587 Å². The zero-order valence-electron chi connectivity index (χ0n) is 56.2. The lowest BCUT2D eigenvalue weighted by Crippen LogP contribution is -2.07. The fourth-order valence-electron chi connectivity index (χ4n) is 16.0. The molecule has 0 N–H and O–H groups in total. The molecule has 3 aliphatic rings. The molecule has 15 aromatic carbocycles. The van der Waals surface area contributed by atoms with Crippen LogP contribution in [-0.4, -0.2) is 33.6 Å². The average molecular weight is 1310 g/mol. The maximum Gasteiger partial charge on any atom is 0.153 e. The molecule has 0 spiro atoms. The molecule has 0 radical (unpaired) electrons. The van der Waals surface area contributed by atoms with Gasteiger partial charge in [0, 0.05) is 36.2 Å². The number of imidazole rings is 3. The van der Waals surface area contributed by atoms with Gasteiger partial charge in [-0.05, 0) is 190 Å². The van der Waals surface area contributed by atoms with Crippen LogP contribution in [0.3, 0.4) is 0 Å². The molecule has 4 aromatic heterocycles. The molecule has 0 saturated heterocycles. The molecule has 0 bridgehead atoms. The van der Waals surface area contributed by atoms with E-state index >= 15 is 0 Å². The molecule has 0 amide bonds. The molecule has 484 valence electrons. The summed E-state index contributed by atoms with van der Waals surface area (Å²) in [6.45, 7) is 6.45. The van der Waals surface area contributed by atoms with Gasteiger partial charge in [-0.25, -0.2) is 15.0 Å². The van der Waals surface area contributed by atoms with E-state index in [9.17, 15) is 0 Å². The summed E-state index contributed by atoms with van der Waals surface area (Å²) in [7, 11) is 0. The minimum atomic E-state index is 0.848. The Hall–Kier alpha value is -13.2. The molecule has 0 unspecified atom stereocenters. The van der Waals surface area contributed by atoms with Gasteiger partial charge in [0.2, 0.25) is 0 Å². The van der Waals surface area contributed by atoms with Crippen LogP contribution in [-0.2, 0) is 19.3 Å². The van der Waals surface area contributed by atoms with E-state index in [1.807, 2.05) is 48.7 Å². The van der Waals surface area contributed by atoms with Crippen LogP contribution in [0.1, 0.15) is 38.2 Å². The van der Waals surface area contributed by atoms with E-state index in [4.69, 9.17) is 34.1 Å². The number of benzene rings is 15. The minimum absolute atomic E-state index is 0.848. The molecule has 19 aromatic rings. The van der Waals surface area contributed by atoms with Crippen molar-refractivity contribution in [3.05, 3.63) is 309 Å². The summed E-state index contributed by atoms with van der Waals surface area (Å²) < 4.78 is 25.7. The second-order valence-corrected chi connectivity index (χ2v) is 26.4.